The fraction of sp³-hybridized carbons (Fsp3) is 0.933. The molecule has 2 N–H and O–H groups in total. The summed E-state index contributed by atoms with van der Waals surface area (Å²) < 4.78 is 5.87. The second kappa shape index (κ2) is 8.54. The van der Waals surface area contributed by atoms with Gasteiger partial charge in [0.2, 0.25) is 0 Å². The molecule has 1 aliphatic carbocycles. The van der Waals surface area contributed by atoms with E-state index in [-0.39, 0.29) is 6.10 Å². The summed E-state index contributed by atoms with van der Waals surface area (Å²) in [5, 5.41) is 12.3. The van der Waals surface area contributed by atoms with Gasteiger partial charge in [-0.2, -0.15) is 0 Å². The molecule has 1 rings (SSSR count). The first-order chi connectivity index (χ1) is 9.14. The van der Waals surface area contributed by atoms with Gasteiger partial charge in [-0.15, -0.1) is 0 Å². The maximum atomic E-state index is 11.4. The van der Waals surface area contributed by atoms with E-state index in [2.05, 4.69) is 12.2 Å². The van der Waals surface area contributed by atoms with E-state index in [1.165, 1.54) is 25.7 Å². The summed E-state index contributed by atoms with van der Waals surface area (Å²) in [6.45, 7) is 2.98. The molecule has 0 aromatic rings. The zero-order valence-electron chi connectivity index (χ0n) is 12.4. The van der Waals surface area contributed by atoms with Crippen LogP contribution in [0.15, 0.2) is 0 Å². The molecule has 0 amide bonds. The number of carbonyl (C=O) groups is 1. The molecule has 2 unspecified atom stereocenters. The number of ether oxygens (including phenoxy) is 1. The minimum Gasteiger partial charge on any atom is -0.480 e. The molecule has 1 aliphatic rings. The highest BCUT2D eigenvalue weighted by atomic mass is 16.5. The lowest BCUT2D eigenvalue weighted by Crippen LogP contribution is -2.54. The van der Waals surface area contributed by atoms with E-state index in [1.807, 2.05) is 0 Å². The SMILES string of the molecule is CCCCCCCOC1CCCC(NC)(C(=O)O)C1. The largest absolute Gasteiger partial charge is 0.480 e. The van der Waals surface area contributed by atoms with Crippen molar-refractivity contribution in [3.8, 4) is 0 Å². The molecule has 4 heteroatoms. The lowest BCUT2D eigenvalue weighted by Gasteiger charge is -2.37. The second-order valence-corrected chi connectivity index (χ2v) is 5.64. The topological polar surface area (TPSA) is 58.6 Å². The van der Waals surface area contributed by atoms with Crippen LogP contribution in [0.5, 0.6) is 0 Å². The maximum Gasteiger partial charge on any atom is 0.323 e. The fourth-order valence-corrected chi connectivity index (χ4v) is 2.85. The Labute approximate surface area is 116 Å². The van der Waals surface area contributed by atoms with Crippen LogP contribution in [-0.4, -0.2) is 36.4 Å². The number of unbranched alkanes of at least 4 members (excludes halogenated alkanes) is 4. The van der Waals surface area contributed by atoms with Crippen LogP contribution in [0.25, 0.3) is 0 Å². The van der Waals surface area contributed by atoms with Crippen molar-refractivity contribution in [1.82, 2.24) is 5.32 Å². The summed E-state index contributed by atoms with van der Waals surface area (Å²) in [4.78, 5) is 11.4. The highest BCUT2D eigenvalue weighted by molar-refractivity contribution is 5.79. The van der Waals surface area contributed by atoms with Gasteiger partial charge in [-0.1, -0.05) is 32.6 Å². The molecule has 0 heterocycles. The molecule has 0 aliphatic heterocycles. The van der Waals surface area contributed by atoms with E-state index in [1.54, 1.807) is 7.05 Å². The Balaban J connectivity index is 2.25. The molecule has 0 aromatic heterocycles. The minimum atomic E-state index is -0.773. The molecule has 1 fully saturated rings. The minimum absolute atomic E-state index is 0.100. The first-order valence-corrected chi connectivity index (χ1v) is 7.68. The normalized spacial score (nSPS) is 27.4. The number of carboxylic acids is 1. The Kier molecular flexibility index (Phi) is 7.39. The molecule has 19 heavy (non-hydrogen) atoms. The van der Waals surface area contributed by atoms with Crippen LogP contribution in [0.2, 0.25) is 0 Å². The van der Waals surface area contributed by atoms with Gasteiger partial charge in [-0.3, -0.25) is 4.79 Å². The van der Waals surface area contributed by atoms with Gasteiger partial charge in [-0.05, 0) is 32.7 Å². The van der Waals surface area contributed by atoms with Crippen LogP contribution >= 0.6 is 0 Å². The zero-order chi connectivity index (χ0) is 14.1. The molecule has 0 spiro atoms. The molecule has 2 atom stereocenters. The molecule has 4 nitrogen and oxygen atoms in total. The quantitative estimate of drug-likeness (QED) is 0.633. The summed E-state index contributed by atoms with van der Waals surface area (Å²) in [5.41, 5.74) is -0.773. The molecule has 0 bridgehead atoms. The Hall–Kier alpha value is -0.610. The Bertz CT molecular complexity index is 270. The van der Waals surface area contributed by atoms with Crippen molar-refractivity contribution in [1.29, 1.82) is 0 Å². The van der Waals surface area contributed by atoms with Gasteiger partial charge in [0.1, 0.15) is 5.54 Å². The van der Waals surface area contributed by atoms with Gasteiger partial charge < -0.3 is 15.2 Å². The molecule has 0 radical (unpaired) electrons. The van der Waals surface area contributed by atoms with Crippen LogP contribution in [-0.2, 0) is 9.53 Å². The summed E-state index contributed by atoms with van der Waals surface area (Å²) in [6.07, 6.45) is 9.45. The first kappa shape index (κ1) is 16.4. The Morgan fingerprint density at radius 1 is 1.37 bits per heavy atom. The highest BCUT2D eigenvalue weighted by Crippen LogP contribution is 2.30. The van der Waals surface area contributed by atoms with Crippen molar-refractivity contribution in [3.05, 3.63) is 0 Å². The summed E-state index contributed by atoms with van der Waals surface area (Å²) in [7, 11) is 1.74. The lowest BCUT2D eigenvalue weighted by atomic mass is 9.80. The van der Waals surface area contributed by atoms with Crippen molar-refractivity contribution in [3.63, 3.8) is 0 Å². The van der Waals surface area contributed by atoms with Crippen LogP contribution < -0.4 is 5.32 Å². The van der Waals surface area contributed by atoms with Gasteiger partial charge in [-0.25, -0.2) is 0 Å². The van der Waals surface area contributed by atoms with E-state index in [0.717, 1.165) is 25.9 Å². The summed E-state index contributed by atoms with van der Waals surface area (Å²) in [5.74, 6) is -0.744. The second-order valence-electron chi connectivity index (χ2n) is 5.64. The van der Waals surface area contributed by atoms with Crippen LogP contribution in [0.1, 0.15) is 64.7 Å². The molecule has 0 saturated heterocycles. The molecule has 0 aromatic carbocycles. The van der Waals surface area contributed by atoms with Gasteiger partial charge in [0.25, 0.3) is 0 Å². The number of carboxylic acid groups (broad SMARTS) is 1. The van der Waals surface area contributed by atoms with Crippen molar-refractivity contribution in [2.75, 3.05) is 13.7 Å². The third kappa shape index (κ3) is 5.11. The number of nitrogens with one attached hydrogen (secondary N) is 1. The van der Waals surface area contributed by atoms with Gasteiger partial charge in [0, 0.05) is 13.0 Å². The number of hydrogen-bond donors (Lipinski definition) is 2. The first-order valence-electron chi connectivity index (χ1n) is 7.68. The van der Waals surface area contributed by atoms with E-state index in [4.69, 9.17) is 4.74 Å². The molecule has 1 saturated carbocycles. The third-order valence-electron chi connectivity index (χ3n) is 4.20. The molecular formula is C15H29NO3. The number of hydrogen-bond acceptors (Lipinski definition) is 3. The Morgan fingerprint density at radius 3 is 2.74 bits per heavy atom. The number of aliphatic carboxylic acids is 1. The van der Waals surface area contributed by atoms with Gasteiger partial charge in [0.05, 0.1) is 6.10 Å². The fourth-order valence-electron chi connectivity index (χ4n) is 2.85. The average Bonchev–Trinajstić information content (AvgIpc) is 2.42. The van der Waals surface area contributed by atoms with E-state index >= 15 is 0 Å². The van der Waals surface area contributed by atoms with Crippen molar-refractivity contribution >= 4 is 5.97 Å². The van der Waals surface area contributed by atoms with Gasteiger partial charge >= 0.3 is 5.97 Å². The molecule has 112 valence electrons. The van der Waals surface area contributed by atoms with Gasteiger partial charge in [0.15, 0.2) is 0 Å². The van der Waals surface area contributed by atoms with Crippen molar-refractivity contribution in [2.45, 2.75) is 76.4 Å². The number of rotatable bonds is 9. The van der Waals surface area contributed by atoms with E-state index in [0.29, 0.717) is 12.8 Å². The highest BCUT2D eigenvalue weighted by Gasteiger charge is 2.41. The van der Waals surface area contributed by atoms with E-state index < -0.39 is 11.5 Å². The van der Waals surface area contributed by atoms with Crippen molar-refractivity contribution in [2.24, 2.45) is 0 Å². The van der Waals surface area contributed by atoms with Crippen LogP contribution in [0, 0.1) is 0 Å². The Morgan fingerprint density at radius 2 is 2.11 bits per heavy atom. The third-order valence-corrected chi connectivity index (χ3v) is 4.20. The maximum absolute atomic E-state index is 11.4. The predicted octanol–water partition coefficient (Wildman–Crippen LogP) is 2.96. The average molecular weight is 271 g/mol. The lowest BCUT2D eigenvalue weighted by molar-refractivity contribution is -0.148. The van der Waals surface area contributed by atoms with Crippen molar-refractivity contribution < 1.29 is 14.6 Å². The predicted molar refractivity (Wildman–Crippen MR) is 76.4 cm³/mol. The standard InChI is InChI=1S/C15H29NO3/c1-3-4-5-6-7-11-19-13-9-8-10-15(12-13,16-2)14(17)18/h13,16H,3-12H2,1-2H3,(H,17,18). The van der Waals surface area contributed by atoms with E-state index in [9.17, 15) is 9.90 Å². The monoisotopic (exact) mass is 271 g/mol. The smallest absolute Gasteiger partial charge is 0.323 e. The zero-order valence-corrected chi connectivity index (χ0v) is 12.4. The molecular weight excluding hydrogens is 242 g/mol. The summed E-state index contributed by atoms with van der Waals surface area (Å²) in [6, 6.07) is 0. The van der Waals surface area contributed by atoms with Crippen LogP contribution in [0.3, 0.4) is 0 Å². The number of likely N-dealkylation sites (N-methyl/N-ethyl adjacent to an activating group) is 1. The summed E-state index contributed by atoms with van der Waals surface area (Å²) >= 11 is 0. The van der Waals surface area contributed by atoms with Crippen LogP contribution in [0.4, 0.5) is 0 Å².